The molecular formula is C19H31BrOSi. The van der Waals surface area contributed by atoms with Gasteiger partial charge in [-0.25, -0.2) is 0 Å². The van der Waals surface area contributed by atoms with Crippen molar-refractivity contribution in [3.8, 4) is 0 Å². The first-order chi connectivity index (χ1) is 10.2. The molecule has 1 aromatic rings. The van der Waals surface area contributed by atoms with E-state index in [0.717, 1.165) is 4.47 Å². The molecule has 0 heterocycles. The van der Waals surface area contributed by atoms with E-state index in [1.165, 1.54) is 37.7 Å². The van der Waals surface area contributed by atoms with E-state index in [-0.39, 0.29) is 11.1 Å². The monoisotopic (exact) mass is 382 g/mol. The smallest absolute Gasteiger partial charge is 0.192 e. The molecule has 0 radical (unpaired) electrons. The van der Waals surface area contributed by atoms with E-state index in [1.54, 1.807) is 0 Å². The SMILES string of the molecule is CC(C)(C)[Si](C)(C)O[C@@H](c1ccc(Br)cc1)C1CCCCC1. The zero-order valence-corrected chi connectivity index (χ0v) is 17.4. The largest absolute Gasteiger partial charge is 0.410 e. The lowest BCUT2D eigenvalue weighted by Crippen LogP contribution is -2.43. The first-order valence-corrected chi connectivity index (χ1v) is 12.3. The average molecular weight is 383 g/mol. The Bertz CT molecular complexity index is 469. The molecular weight excluding hydrogens is 352 g/mol. The van der Waals surface area contributed by atoms with Crippen LogP contribution in [0.25, 0.3) is 0 Å². The highest BCUT2D eigenvalue weighted by Crippen LogP contribution is 2.44. The molecule has 1 saturated carbocycles. The van der Waals surface area contributed by atoms with Crippen LogP contribution in [0.2, 0.25) is 18.1 Å². The molecule has 1 aliphatic carbocycles. The number of benzene rings is 1. The van der Waals surface area contributed by atoms with E-state index in [9.17, 15) is 0 Å². The molecule has 0 saturated heterocycles. The molecule has 0 aliphatic heterocycles. The molecule has 22 heavy (non-hydrogen) atoms. The highest BCUT2D eigenvalue weighted by molar-refractivity contribution is 9.10. The van der Waals surface area contributed by atoms with E-state index < -0.39 is 8.32 Å². The van der Waals surface area contributed by atoms with Crippen LogP contribution in [0.15, 0.2) is 28.7 Å². The van der Waals surface area contributed by atoms with Gasteiger partial charge in [-0.15, -0.1) is 0 Å². The van der Waals surface area contributed by atoms with Crippen LogP contribution in [0.1, 0.15) is 64.5 Å². The van der Waals surface area contributed by atoms with Gasteiger partial charge >= 0.3 is 0 Å². The fourth-order valence-electron chi connectivity index (χ4n) is 3.02. The number of halogens is 1. The van der Waals surface area contributed by atoms with Crippen LogP contribution in [-0.4, -0.2) is 8.32 Å². The second-order valence-corrected chi connectivity index (χ2v) is 13.9. The minimum absolute atomic E-state index is 0.259. The summed E-state index contributed by atoms with van der Waals surface area (Å²) >= 11 is 3.55. The molecule has 0 aromatic heterocycles. The second-order valence-electron chi connectivity index (χ2n) is 8.25. The molecule has 0 bridgehead atoms. The van der Waals surface area contributed by atoms with Crippen molar-refractivity contribution in [3.63, 3.8) is 0 Å². The Labute approximate surface area is 146 Å². The van der Waals surface area contributed by atoms with Gasteiger partial charge in [0.05, 0.1) is 6.10 Å². The Morgan fingerprint density at radius 2 is 1.59 bits per heavy atom. The summed E-state index contributed by atoms with van der Waals surface area (Å²) in [6.45, 7) is 11.7. The first kappa shape index (κ1) is 18.2. The molecule has 3 heteroatoms. The van der Waals surface area contributed by atoms with Crippen LogP contribution >= 0.6 is 15.9 Å². The van der Waals surface area contributed by atoms with Crippen molar-refractivity contribution in [1.82, 2.24) is 0 Å². The number of hydrogen-bond acceptors (Lipinski definition) is 1. The van der Waals surface area contributed by atoms with Crippen molar-refractivity contribution in [2.75, 3.05) is 0 Å². The lowest BCUT2D eigenvalue weighted by atomic mass is 9.83. The topological polar surface area (TPSA) is 9.23 Å². The maximum Gasteiger partial charge on any atom is 0.192 e. The summed E-state index contributed by atoms with van der Waals surface area (Å²) in [7, 11) is -1.76. The molecule has 0 spiro atoms. The minimum Gasteiger partial charge on any atom is -0.410 e. The normalized spacial score (nSPS) is 19.2. The zero-order chi connectivity index (χ0) is 16.4. The Hall–Kier alpha value is -0.123. The summed E-state index contributed by atoms with van der Waals surface area (Å²) < 4.78 is 8.04. The average Bonchev–Trinajstić information content (AvgIpc) is 2.46. The van der Waals surface area contributed by atoms with Crippen molar-refractivity contribution in [3.05, 3.63) is 34.3 Å². The Morgan fingerprint density at radius 1 is 1.05 bits per heavy atom. The van der Waals surface area contributed by atoms with Crippen LogP contribution in [-0.2, 0) is 4.43 Å². The van der Waals surface area contributed by atoms with Gasteiger partial charge in [0.25, 0.3) is 0 Å². The van der Waals surface area contributed by atoms with Gasteiger partial charge in [0.15, 0.2) is 8.32 Å². The molecule has 124 valence electrons. The molecule has 0 unspecified atom stereocenters. The van der Waals surface area contributed by atoms with Gasteiger partial charge in [-0.1, -0.05) is 68.1 Å². The van der Waals surface area contributed by atoms with Crippen LogP contribution < -0.4 is 0 Å². The van der Waals surface area contributed by atoms with Gasteiger partial charge in [-0.2, -0.15) is 0 Å². The van der Waals surface area contributed by atoms with Gasteiger partial charge in [0.1, 0.15) is 0 Å². The molecule has 1 nitrogen and oxygen atoms in total. The van der Waals surface area contributed by atoms with E-state index in [4.69, 9.17) is 4.43 Å². The number of rotatable bonds is 4. The van der Waals surface area contributed by atoms with E-state index >= 15 is 0 Å². The highest BCUT2D eigenvalue weighted by atomic mass is 79.9. The van der Waals surface area contributed by atoms with Gasteiger partial charge < -0.3 is 4.43 Å². The first-order valence-electron chi connectivity index (χ1n) is 8.64. The fourth-order valence-corrected chi connectivity index (χ4v) is 4.60. The third-order valence-corrected chi connectivity index (χ3v) is 10.5. The van der Waals surface area contributed by atoms with Crippen LogP contribution in [0.4, 0.5) is 0 Å². The standard InChI is InChI=1S/C19H31BrOSi/c1-19(2,3)22(4,5)21-18(15-9-7-6-8-10-15)16-11-13-17(20)14-12-16/h11-15,18H,6-10H2,1-5H3/t18-/m1/s1. The predicted octanol–water partition coefficient (Wildman–Crippen LogP) is 7.09. The molecule has 0 amide bonds. The maximum absolute atomic E-state index is 6.89. The summed E-state index contributed by atoms with van der Waals surface area (Å²) in [5.74, 6) is 0.684. The second kappa shape index (κ2) is 7.19. The van der Waals surface area contributed by atoms with E-state index in [2.05, 4.69) is 74.1 Å². The summed E-state index contributed by atoms with van der Waals surface area (Å²) in [6, 6.07) is 8.80. The van der Waals surface area contributed by atoms with Crippen LogP contribution in [0.3, 0.4) is 0 Å². The predicted molar refractivity (Wildman–Crippen MR) is 102 cm³/mol. The maximum atomic E-state index is 6.89. The van der Waals surface area contributed by atoms with Gasteiger partial charge in [0.2, 0.25) is 0 Å². The summed E-state index contributed by atoms with van der Waals surface area (Å²) in [5, 5.41) is 0.259. The number of hydrogen-bond donors (Lipinski definition) is 0. The quantitative estimate of drug-likeness (QED) is 0.504. The van der Waals surface area contributed by atoms with E-state index in [1.807, 2.05) is 0 Å². The van der Waals surface area contributed by atoms with Crippen molar-refractivity contribution in [2.24, 2.45) is 5.92 Å². The van der Waals surface area contributed by atoms with Crippen molar-refractivity contribution >= 4 is 24.2 Å². The lowest BCUT2D eigenvalue weighted by Gasteiger charge is -2.42. The molecule has 1 atom stereocenters. The van der Waals surface area contributed by atoms with Gasteiger partial charge in [-0.05, 0) is 54.6 Å². The molecule has 0 N–H and O–H groups in total. The third kappa shape index (κ3) is 4.45. The molecule has 1 aromatic carbocycles. The lowest BCUT2D eigenvalue weighted by molar-refractivity contribution is 0.0937. The fraction of sp³-hybridized carbons (Fsp3) is 0.684. The van der Waals surface area contributed by atoms with Crippen LogP contribution in [0.5, 0.6) is 0 Å². The van der Waals surface area contributed by atoms with Crippen molar-refractivity contribution < 1.29 is 4.43 Å². The summed E-state index contributed by atoms with van der Waals surface area (Å²) in [4.78, 5) is 0. The highest BCUT2D eigenvalue weighted by Gasteiger charge is 2.41. The Kier molecular flexibility index (Phi) is 5.95. The van der Waals surface area contributed by atoms with E-state index in [0.29, 0.717) is 5.92 Å². The van der Waals surface area contributed by atoms with Crippen LogP contribution in [0, 0.1) is 5.92 Å². The van der Waals surface area contributed by atoms with Crippen molar-refractivity contribution in [1.29, 1.82) is 0 Å². The Morgan fingerprint density at radius 3 is 2.09 bits per heavy atom. The Balaban J connectivity index is 2.27. The summed E-state index contributed by atoms with van der Waals surface area (Å²) in [5.41, 5.74) is 1.36. The zero-order valence-electron chi connectivity index (χ0n) is 14.8. The minimum atomic E-state index is -1.76. The summed E-state index contributed by atoms with van der Waals surface area (Å²) in [6.07, 6.45) is 7.01. The van der Waals surface area contributed by atoms with Crippen molar-refractivity contribution in [2.45, 2.75) is 77.1 Å². The third-order valence-electron chi connectivity index (χ3n) is 5.50. The molecule has 1 aliphatic rings. The molecule has 1 fully saturated rings. The van der Waals surface area contributed by atoms with Gasteiger partial charge in [-0.3, -0.25) is 0 Å². The molecule has 2 rings (SSSR count). The van der Waals surface area contributed by atoms with Gasteiger partial charge in [0, 0.05) is 4.47 Å².